The first-order valence-corrected chi connectivity index (χ1v) is 11.5. The van der Waals surface area contributed by atoms with Crippen LogP contribution in [0.5, 0.6) is 11.5 Å². The lowest BCUT2D eigenvalue weighted by Crippen LogP contribution is -2.33. The first-order chi connectivity index (χ1) is 18.8. The Morgan fingerprint density at radius 1 is 0.615 bits per heavy atom. The quantitative estimate of drug-likeness (QED) is 0.183. The largest absolute Gasteiger partial charge is 0.543 e. The van der Waals surface area contributed by atoms with Crippen LogP contribution in [0, 0.1) is 5.41 Å². The van der Waals surface area contributed by atoms with Crippen LogP contribution in [0.2, 0.25) is 0 Å². The van der Waals surface area contributed by atoms with Gasteiger partial charge in [-0.2, -0.15) is 0 Å². The molecule has 0 atom stereocenters. The fraction of sp³-hybridized carbons (Fsp3) is 0.360. The van der Waals surface area contributed by atoms with E-state index in [1.807, 2.05) is 0 Å². The second kappa shape index (κ2) is 15.6. The molecule has 0 saturated carbocycles. The number of carbonyl (C=O) groups excluding carboxylic acids is 4. The molecule has 39 heavy (non-hydrogen) atoms. The average molecular weight is 552 g/mol. The second-order valence-electron chi connectivity index (χ2n) is 7.73. The fourth-order valence-corrected chi connectivity index (χ4v) is 3.04. The predicted octanol–water partition coefficient (Wildman–Crippen LogP) is 4.52. The van der Waals surface area contributed by atoms with Crippen molar-refractivity contribution in [2.75, 3.05) is 27.4 Å². The third-order valence-electron chi connectivity index (χ3n) is 5.57. The first kappa shape index (κ1) is 30.7. The summed E-state index contributed by atoms with van der Waals surface area (Å²) in [5, 5.41) is 8.40. The van der Waals surface area contributed by atoms with Crippen molar-refractivity contribution in [2.45, 2.75) is 26.7 Å². The van der Waals surface area contributed by atoms with Crippen LogP contribution in [0.25, 0.3) is 0 Å². The van der Waals surface area contributed by atoms with Crippen LogP contribution in [-0.2, 0) is 39.1 Å². The minimum absolute atomic E-state index is 0.0375. The Hall–Kier alpha value is -4.56. The summed E-state index contributed by atoms with van der Waals surface area (Å²) in [5.74, 6) is -1.50. The van der Waals surface area contributed by atoms with Crippen LogP contribution >= 0.6 is 0 Å². The lowest BCUT2D eigenvalue weighted by Gasteiger charge is -2.29. The van der Waals surface area contributed by atoms with Crippen molar-refractivity contribution in [1.29, 1.82) is 0 Å². The summed E-state index contributed by atoms with van der Waals surface area (Å²) in [6, 6.07) is 12.3. The molecule has 0 amide bonds. The van der Waals surface area contributed by atoms with Crippen LogP contribution in [0.15, 0.2) is 48.5 Å². The smallest absolute Gasteiger partial charge is 0.496 e. The number of benzene rings is 2. The number of hydrogen-bond acceptors (Lipinski definition) is 14. The minimum Gasteiger partial charge on any atom is -0.496 e. The summed E-state index contributed by atoms with van der Waals surface area (Å²) < 4.78 is 20.0. The maximum absolute atomic E-state index is 12.0. The lowest BCUT2D eigenvalue weighted by atomic mass is 9.84. The summed E-state index contributed by atoms with van der Waals surface area (Å²) >= 11 is 0. The molecule has 0 aliphatic rings. The van der Waals surface area contributed by atoms with Crippen LogP contribution in [0.1, 0.15) is 47.4 Å². The molecule has 0 spiro atoms. The van der Waals surface area contributed by atoms with Gasteiger partial charge in [-0.3, -0.25) is 9.78 Å². The van der Waals surface area contributed by atoms with Crippen LogP contribution < -0.4 is 9.47 Å². The molecule has 0 aliphatic carbocycles. The summed E-state index contributed by atoms with van der Waals surface area (Å²) in [5.41, 5.74) is -0.772. The van der Waals surface area contributed by atoms with Crippen molar-refractivity contribution < 1.29 is 67.8 Å². The molecule has 2 aromatic rings. The molecule has 2 aromatic carbocycles. The van der Waals surface area contributed by atoms with E-state index in [9.17, 15) is 19.2 Å². The number of methoxy groups -OCH3 is 2. The Morgan fingerprint density at radius 3 is 1.36 bits per heavy atom. The third-order valence-corrected chi connectivity index (χ3v) is 5.57. The van der Waals surface area contributed by atoms with Crippen molar-refractivity contribution >= 4 is 24.2 Å². The van der Waals surface area contributed by atoms with Gasteiger partial charge < -0.3 is 18.9 Å². The van der Waals surface area contributed by atoms with Crippen LogP contribution in [-0.4, -0.2) is 51.7 Å². The molecule has 212 valence electrons. The zero-order valence-electron chi connectivity index (χ0n) is 21.7. The van der Waals surface area contributed by atoms with Gasteiger partial charge >= 0.3 is 24.2 Å². The van der Waals surface area contributed by atoms with E-state index in [2.05, 4.69) is 29.6 Å². The van der Waals surface area contributed by atoms with E-state index in [1.54, 1.807) is 38.1 Å². The van der Waals surface area contributed by atoms with Gasteiger partial charge in [0.2, 0.25) is 0 Å². The van der Waals surface area contributed by atoms with E-state index in [-0.39, 0.29) is 35.8 Å². The van der Waals surface area contributed by atoms with Gasteiger partial charge in [0.05, 0.1) is 24.3 Å². The van der Waals surface area contributed by atoms with Gasteiger partial charge in [-0.25, -0.2) is 29.0 Å². The number of rotatable bonds is 14. The minimum atomic E-state index is -1.32. The molecular formula is C25H28O14. The highest BCUT2D eigenvalue weighted by atomic mass is 17.5. The number of para-hydroxylation sites is 2. The summed E-state index contributed by atoms with van der Waals surface area (Å²) in [6.07, 6.45) is -1.83. The zero-order valence-corrected chi connectivity index (χ0v) is 21.7. The second-order valence-corrected chi connectivity index (χ2v) is 7.73. The zero-order chi connectivity index (χ0) is 28.7. The highest BCUT2D eigenvalue weighted by molar-refractivity contribution is 5.92. The predicted molar refractivity (Wildman–Crippen MR) is 127 cm³/mol. The molecule has 0 bridgehead atoms. The SMILES string of the molecule is CCC(CC)(COC(=O)OOOC(=O)c1ccccc1OC)COC(=O)OOOC(=O)c1ccccc1OC. The summed E-state index contributed by atoms with van der Waals surface area (Å²) in [4.78, 5) is 65.2. The normalized spacial score (nSPS) is 10.6. The van der Waals surface area contributed by atoms with E-state index >= 15 is 0 Å². The summed E-state index contributed by atoms with van der Waals surface area (Å²) in [6.45, 7) is 3.01. The van der Waals surface area contributed by atoms with Crippen LogP contribution in [0.3, 0.4) is 0 Å². The van der Waals surface area contributed by atoms with Crippen molar-refractivity contribution in [2.24, 2.45) is 5.41 Å². The maximum atomic E-state index is 12.0. The monoisotopic (exact) mass is 552 g/mol. The Morgan fingerprint density at radius 2 is 1.00 bits per heavy atom. The standard InChI is InChI=1S/C25H28O14/c1-5-25(6-2,15-32-23(28)36-38-34-21(26)17-11-7-9-13-19(17)30-3)16-33-24(29)37-39-35-22(27)18-12-8-10-14-20(18)31-4/h7-14H,5-6,15-16H2,1-4H3. The number of hydrogen-bond donors (Lipinski definition) is 0. The van der Waals surface area contributed by atoms with E-state index < -0.39 is 29.7 Å². The molecule has 0 unspecified atom stereocenters. The van der Waals surface area contributed by atoms with E-state index in [0.29, 0.717) is 12.8 Å². The molecule has 14 heteroatoms. The molecular weight excluding hydrogens is 524 g/mol. The Balaban J connectivity index is 1.74. The van der Waals surface area contributed by atoms with Crippen molar-refractivity contribution in [3.05, 3.63) is 59.7 Å². The molecule has 0 radical (unpaired) electrons. The summed E-state index contributed by atoms with van der Waals surface area (Å²) in [7, 11) is 2.73. The van der Waals surface area contributed by atoms with Crippen LogP contribution in [0.4, 0.5) is 9.59 Å². The molecule has 14 nitrogen and oxygen atoms in total. The van der Waals surface area contributed by atoms with Crippen molar-refractivity contribution in [3.8, 4) is 11.5 Å². The molecule has 0 aromatic heterocycles. The highest BCUT2D eigenvalue weighted by Gasteiger charge is 2.31. The lowest BCUT2D eigenvalue weighted by molar-refractivity contribution is -0.453. The van der Waals surface area contributed by atoms with Gasteiger partial charge in [-0.05, 0) is 37.1 Å². The molecule has 2 rings (SSSR count). The highest BCUT2D eigenvalue weighted by Crippen LogP contribution is 2.28. The van der Waals surface area contributed by atoms with Gasteiger partial charge in [0, 0.05) is 5.41 Å². The van der Waals surface area contributed by atoms with E-state index in [4.69, 9.17) is 18.9 Å². The van der Waals surface area contributed by atoms with E-state index in [0.717, 1.165) is 0 Å². The molecule has 0 aliphatic heterocycles. The number of carbonyl (C=O) groups is 4. The average Bonchev–Trinajstić information content (AvgIpc) is 2.97. The van der Waals surface area contributed by atoms with Gasteiger partial charge in [0.25, 0.3) is 0 Å². The van der Waals surface area contributed by atoms with Gasteiger partial charge in [0.15, 0.2) is 0 Å². The van der Waals surface area contributed by atoms with Gasteiger partial charge in [-0.1, -0.05) is 38.1 Å². The Labute approximate surface area is 223 Å². The maximum Gasteiger partial charge on any atom is 0.543 e. The topological polar surface area (TPSA) is 161 Å². The Bertz CT molecular complexity index is 1030. The molecule has 0 heterocycles. The molecule has 0 saturated heterocycles. The van der Waals surface area contributed by atoms with Crippen molar-refractivity contribution in [1.82, 2.24) is 0 Å². The molecule has 0 N–H and O–H groups in total. The third kappa shape index (κ3) is 9.36. The molecule has 0 fully saturated rings. The van der Waals surface area contributed by atoms with E-state index in [1.165, 1.54) is 38.5 Å². The van der Waals surface area contributed by atoms with Gasteiger partial charge in [-0.15, -0.1) is 0 Å². The number of ether oxygens (including phenoxy) is 4. The van der Waals surface area contributed by atoms with Gasteiger partial charge in [0.1, 0.15) is 35.8 Å². The fourth-order valence-electron chi connectivity index (χ4n) is 3.04. The Kier molecular flexibility index (Phi) is 12.3. The van der Waals surface area contributed by atoms with Crippen molar-refractivity contribution in [3.63, 3.8) is 0 Å². The first-order valence-electron chi connectivity index (χ1n) is 11.5.